The van der Waals surface area contributed by atoms with E-state index in [1.54, 1.807) is 6.92 Å². The number of rotatable bonds is 4. The molecule has 0 unspecified atom stereocenters. The average Bonchev–Trinajstić information content (AvgIpc) is 2.14. The highest BCUT2D eigenvalue weighted by molar-refractivity contribution is 8.00. The summed E-state index contributed by atoms with van der Waals surface area (Å²) in [5.41, 5.74) is 0. The molecule has 0 aliphatic heterocycles. The first kappa shape index (κ1) is 15.7. The highest BCUT2D eigenvalue weighted by Gasteiger charge is 2.10. The van der Waals surface area contributed by atoms with Gasteiger partial charge in [0.15, 0.2) is 0 Å². The summed E-state index contributed by atoms with van der Waals surface area (Å²) >= 11 is 1.46. The molecule has 16 heavy (non-hydrogen) atoms. The van der Waals surface area contributed by atoms with Gasteiger partial charge in [-0.05, 0) is 6.92 Å². The number of esters is 1. The number of thioether (sulfide) groups is 1. The fourth-order valence-corrected chi connectivity index (χ4v) is 2.05. The summed E-state index contributed by atoms with van der Waals surface area (Å²) in [6.07, 6.45) is 0. The van der Waals surface area contributed by atoms with Crippen molar-refractivity contribution in [1.29, 1.82) is 0 Å². The van der Waals surface area contributed by atoms with Gasteiger partial charge in [-0.2, -0.15) is 0 Å². The van der Waals surface area contributed by atoms with Crippen molar-refractivity contribution in [3.63, 3.8) is 0 Å². The van der Waals surface area contributed by atoms with Gasteiger partial charge in [0.1, 0.15) is 0 Å². The standard InChI is InChI=1S/C11H15O3S.HI/c1-4-13-11(12)7-15-10-5-8(2)14-9(3)6-10;/h5-6H,4,7H2,1-3H3;1H/q+1;/p-1. The minimum atomic E-state index is -0.182. The average molecular weight is 354 g/mol. The molecule has 0 aliphatic rings. The van der Waals surface area contributed by atoms with Crippen LogP contribution in [0.25, 0.3) is 0 Å². The first-order chi connectivity index (χ1) is 7.11. The number of halogens is 1. The maximum absolute atomic E-state index is 11.1. The maximum atomic E-state index is 11.1. The second kappa shape index (κ2) is 7.89. The molecule has 1 rings (SSSR count). The van der Waals surface area contributed by atoms with Gasteiger partial charge in [0.2, 0.25) is 0 Å². The van der Waals surface area contributed by atoms with Crippen molar-refractivity contribution < 1.29 is 37.9 Å². The fraction of sp³-hybridized carbons (Fsp3) is 0.455. The first-order valence-electron chi connectivity index (χ1n) is 4.81. The number of aryl methyl sites for hydroxylation is 2. The highest BCUT2D eigenvalue weighted by Crippen LogP contribution is 2.20. The predicted molar refractivity (Wildman–Crippen MR) is 59.9 cm³/mol. The molecule has 90 valence electrons. The monoisotopic (exact) mass is 354 g/mol. The van der Waals surface area contributed by atoms with E-state index in [0.717, 1.165) is 16.4 Å². The van der Waals surface area contributed by atoms with Crippen LogP contribution in [0.3, 0.4) is 0 Å². The molecule has 0 amide bonds. The third-order valence-electron chi connectivity index (χ3n) is 1.68. The van der Waals surface area contributed by atoms with E-state index in [1.807, 2.05) is 26.0 Å². The quantitative estimate of drug-likeness (QED) is 0.326. The maximum Gasteiger partial charge on any atom is 0.327 e. The van der Waals surface area contributed by atoms with Gasteiger partial charge in [-0.25, -0.2) is 4.42 Å². The lowest BCUT2D eigenvalue weighted by atomic mass is 10.4. The van der Waals surface area contributed by atoms with Crippen LogP contribution in [0.15, 0.2) is 21.4 Å². The van der Waals surface area contributed by atoms with Crippen molar-refractivity contribution in [3.05, 3.63) is 23.7 Å². The molecule has 0 fully saturated rings. The summed E-state index contributed by atoms with van der Waals surface area (Å²) in [7, 11) is 0. The molecule has 0 saturated heterocycles. The van der Waals surface area contributed by atoms with Crippen molar-refractivity contribution in [2.75, 3.05) is 12.4 Å². The molecule has 5 heteroatoms. The zero-order valence-electron chi connectivity index (χ0n) is 9.58. The van der Waals surface area contributed by atoms with Crippen molar-refractivity contribution >= 4 is 17.7 Å². The topological polar surface area (TPSA) is 37.6 Å². The molecular weight excluding hydrogens is 339 g/mol. The molecule has 0 spiro atoms. The van der Waals surface area contributed by atoms with E-state index < -0.39 is 0 Å². The Balaban J connectivity index is 0.00000225. The minimum Gasteiger partial charge on any atom is -1.00 e. The summed E-state index contributed by atoms with van der Waals surface area (Å²) in [6.45, 7) is 6.02. The molecule has 1 aromatic heterocycles. The van der Waals surface area contributed by atoms with E-state index in [2.05, 4.69) is 0 Å². The van der Waals surface area contributed by atoms with Crippen LogP contribution in [0.5, 0.6) is 0 Å². The van der Waals surface area contributed by atoms with Crippen molar-refractivity contribution in [3.8, 4) is 0 Å². The Labute approximate surface area is 117 Å². The van der Waals surface area contributed by atoms with Crippen LogP contribution >= 0.6 is 11.8 Å². The summed E-state index contributed by atoms with van der Waals surface area (Å²) < 4.78 is 10.2. The van der Waals surface area contributed by atoms with Crippen molar-refractivity contribution in [1.82, 2.24) is 0 Å². The van der Waals surface area contributed by atoms with Gasteiger partial charge >= 0.3 is 17.5 Å². The third-order valence-corrected chi connectivity index (χ3v) is 2.62. The summed E-state index contributed by atoms with van der Waals surface area (Å²) in [4.78, 5) is 12.2. The first-order valence-corrected chi connectivity index (χ1v) is 5.80. The largest absolute Gasteiger partial charge is 1.00 e. The molecule has 0 radical (unpaired) electrons. The Morgan fingerprint density at radius 1 is 1.38 bits per heavy atom. The Hall–Kier alpha value is -0.300. The smallest absolute Gasteiger partial charge is 0.327 e. The summed E-state index contributed by atoms with van der Waals surface area (Å²) in [5.74, 6) is 1.86. The van der Waals surface area contributed by atoms with Crippen LogP contribution in [0.4, 0.5) is 0 Å². The zero-order valence-corrected chi connectivity index (χ0v) is 12.6. The second-order valence-electron chi connectivity index (χ2n) is 3.11. The Morgan fingerprint density at radius 2 is 1.94 bits per heavy atom. The summed E-state index contributed by atoms with van der Waals surface area (Å²) in [6, 6.07) is 3.83. The summed E-state index contributed by atoms with van der Waals surface area (Å²) in [5, 5.41) is 0. The SMILES string of the molecule is CCOC(=O)CSc1cc(C)[o+]c(C)c1.[I-]. The second-order valence-corrected chi connectivity index (χ2v) is 4.16. The van der Waals surface area contributed by atoms with Crippen molar-refractivity contribution in [2.45, 2.75) is 25.7 Å². The molecule has 3 nitrogen and oxygen atoms in total. The highest BCUT2D eigenvalue weighted by atomic mass is 127. The number of hydrogen-bond donors (Lipinski definition) is 0. The van der Waals surface area contributed by atoms with E-state index in [9.17, 15) is 4.79 Å². The van der Waals surface area contributed by atoms with E-state index in [0.29, 0.717) is 12.4 Å². The number of ether oxygens (including phenoxy) is 1. The molecule has 0 atom stereocenters. The van der Waals surface area contributed by atoms with Crippen LogP contribution < -0.4 is 24.0 Å². The predicted octanol–water partition coefficient (Wildman–Crippen LogP) is -0.163. The van der Waals surface area contributed by atoms with E-state index in [1.165, 1.54) is 11.8 Å². The van der Waals surface area contributed by atoms with E-state index in [4.69, 9.17) is 9.15 Å². The van der Waals surface area contributed by atoms with Crippen LogP contribution in [0, 0.1) is 13.8 Å². The molecule has 0 aliphatic carbocycles. The lowest BCUT2D eigenvalue weighted by Crippen LogP contribution is -3.00. The van der Waals surface area contributed by atoms with Gasteiger partial charge in [-0.15, -0.1) is 11.8 Å². The van der Waals surface area contributed by atoms with Gasteiger partial charge in [0.25, 0.3) is 0 Å². The van der Waals surface area contributed by atoms with E-state index in [-0.39, 0.29) is 29.9 Å². The van der Waals surface area contributed by atoms with Crippen molar-refractivity contribution in [2.24, 2.45) is 0 Å². The van der Waals surface area contributed by atoms with Gasteiger partial charge < -0.3 is 28.7 Å². The van der Waals surface area contributed by atoms with Gasteiger partial charge in [0, 0.05) is 4.90 Å². The molecule has 0 N–H and O–H groups in total. The van der Waals surface area contributed by atoms with Crippen LogP contribution in [0.1, 0.15) is 18.4 Å². The number of carbonyl (C=O) groups is 1. The molecule has 0 aromatic carbocycles. The fourth-order valence-electron chi connectivity index (χ4n) is 1.18. The third kappa shape index (κ3) is 5.69. The normalized spacial score (nSPS) is 9.44. The lowest BCUT2D eigenvalue weighted by molar-refractivity contribution is -0.139. The molecular formula is C11H15IO3S. The molecule has 1 aromatic rings. The minimum absolute atomic E-state index is 0. The Kier molecular flexibility index (Phi) is 7.74. The van der Waals surface area contributed by atoms with Crippen LogP contribution in [-0.4, -0.2) is 18.3 Å². The number of hydrogen-bond acceptors (Lipinski definition) is 3. The van der Waals surface area contributed by atoms with Crippen LogP contribution in [-0.2, 0) is 9.53 Å². The molecule has 1 heterocycles. The molecule has 0 saturated carbocycles. The Morgan fingerprint density at radius 3 is 2.44 bits per heavy atom. The lowest BCUT2D eigenvalue weighted by Gasteiger charge is -2.00. The van der Waals surface area contributed by atoms with Gasteiger partial charge in [0.05, 0.1) is 38.3 Å². The number of carbonyl (C=O) groups excluding carboxylic acids is 1. The van der Waals surface area contributed by atoms with E-state index >= 15 is 0 Å². The Bertz CT molecular complexity index is 335. The molecule has 0 bridgehead atoms. The van der Waals surface area contributed by atoms with Gasteiger partial charge in [-0.3, -0.25) is 4.79 Å². The van der Waals surface area contributed by atoms with Crippen LogP contribution in [0.2, 0.25) is 0 Å². The zero-order chi connectivity index (χ0) is 11.3. The van der Waals surface area contributed by atoms with Gasteiger partial charge in [-0.1, -0.05) is 0 Å².